The number of hydrogen-bond donors (Lipinski definition) is 1. The van der Waals surface area contributed by atoms with Crippen LogP contribution in [0.2, 0.25) is 0 Å². The van der Waals surface area contributed by atoms with Gasteiger partial charge in [-0.3, -0.25) is 9.59 Å². The quantitative estimate of drug-likeness (QED) is 0.638. The summed E-state index contributed by atoms with van der Waals surface area (Å²) in [7, 11) is 0. The zero-order valence-corrected chi connectivity index (χ0v) is 18.4. The van der Waals surface area contributed by atoms with Crippen LogP contribution in [-0.2, 0) is 29.1 Å². The number of fused-ring (bicyclic) bond motifs is 1. The fraction of sp³-hybridized carbons (Fsp3) is 0.417. The van der Waals surface area contributed by atoms with E-state index in [0.29, 0.717) is 32.4 Å². The predicted molar refractivity (Wildman–Crippen MR) is 118 cm³/mol. The van der Waals surface area contributed by atoms with Crippen LogP contribution in [0.1, 0.15) is 53.0 Å². The highest BCUT2D eigenvalue weighted by Crippen LogP contribution is 2.18. The van der Waals surface area contributed by atoms with E-state index in [4.69, 9.17) is 0 Å². The number of carbonyl (C=O) groups is 2. The third-order valence-corrected chi connectivity index (χ3v) is 6.02. The molecular formula is C24H29N5O2. The van der Waals surface area contributed by atoms with Gasteiger partial charge in [0.25, 0.3) is 0 Å². The largest absolute Gasteiger partial charge is 0.352 e. The molecule has 1 aliphatic heterocycles. The summed E-state index contributed by atoms with van der Waals surface area (Å²) in [5, 5.41) is 7.54. The average molecular weight is 420 g/mol. The number of hydrogen-bond acceptors (Lipinski definition) is 4. The Balaban J connectivity index is 1.37. The molecule has 0 atom stereocenters. The molecule has 0 aliphatic carbocycles. The number of nitrogens with zero attached hydrogens (tertiary/aromatic N) is 4. The van der Waals surface area contributed by atoms with Gasteiger partial charge in [-0.15, -0.1) is 0 Å². The van der Waals surface area contributed by atoms with Crippen LogP contribution < -0.4 is 5.32 Å². The molecule has 7 heteroatoms. The lowest BCUT2D eigenvalue weighted by atomic mass is 10.1. The summed E-state index contributed by atoms with van der Waals surface area (Å²) in [5.41, 5.74) is 6.96. The Morgan fingerprint density at radius 3 is 2.68 bits per heavy atom. The van der Waals surface area contributed by atoms with Crippen molar-refractivity contribution in [1.29, 1.82) is 0 Å². The van der Waals surface area contributed by atoms with Gasteiger partial charge in [0.05, 0.1) is 5.69 Å². The second kappa shape index (κ2) is 8.88. The number of aromatic nitrogens is 3. The monoisotopic (exact) mass is 419 g/mol. The van der Waals surface area contributed by atoms with E-state index in [-0.39, 0.29) is 11.8 Å². The first kappa shape index (κ1) is 21.0. The highest BCUT2D eigenvalue weighted by atomic mass is 16.2. The van der Waals surface area contributed by atoms with E-state index in [2.05, 4.69) is 15.4 Å². The van der Waals surface area contributed by atoms with Gasteiger partial charge in [-0.1, -0.05) is 24.3 Å². The first-order valence-electron chi connectivity index (χ1n) is 10.9. The molecule has 162 valence electrons. The molecule has 2 aromatic heterocycles. The Bertz CT molecular complexity index is 1130. The molecule has 0 radical (unpaired) electrons. The lowest BCUT2D eigenvalue weighted by Gasteiger charge is -2.18. The van der Waals surface area contributed by atoms with E-state index >= 15 is 0 Å². The number of amides is 2. The Morgan fingerprint density at radius 1 is 1.16 bits per heavy atom. The van der Waals surface area contributed by atoms with Crippen molar-refractivity contribution >= 4 is 17.5 Å². The van der Waals surface area contributed by atoms with Crippen molar-refractivity contribution in [1.82, 2.24) is 24.8 Å². The number of carbonyl (C=O) groups excluding carboxylic acids is 2. The Kier molecular flexibility index (Phi) is 6.02. The van der Waals surface area contributed by atoms with E-state index in [9.17, 15) is 9.59 Å². The maximum absolute atomic E-state index is 12.6. The third-order valence-electron chi connectivity index (χ3n) is 6.02. The Hall–Kier alpha value is -3.22. The molecule has 0 bridgehead atoms. The second-order valence-electron chi connectivity index (χ2n) is 8.28. The molecule has 1 saturated heterocycles. The molecule has 1 aliphatic rings. The van der Waals surface area contributed by atoms with Crippen molar-refractivity contribution in [2.45, 2.75) is 59.5 Å². The number of rotatable bonds is 7. The predicted octanol–water partition coefficient (Wildman–Crippen LogP) is 3.03. The Morgan fingerprint density at radius 2 is 1.94 bits per heavy atom. The smallest absolute Gasteiger partial charge is 0.222 e. The first-order chi connectivity index (χ1) is 14.9. The van der Waals surface area contributed by atoms with E-state index in [1.807, 2.05) is 60.5 Å². The normalized spacial score (nSPS) is 13.9. The topological polar surface area (TPSA) is 79.6 Å². The number of aryl methyl sites for hydroxylation is 3. The number of likely N-dealkylation sites (tertiary alicyclic amines) is 1. The van der Waals surface area contributed by atoms with E-state index < -0.39 is 0 Å². The van der Waals surface area contributed by atoms with Crippen molar-refractivity contribution in [3.63, 3.8) is 0 Å². The van der Waals surface area contributed by atoms with E-state index in [1.165, 1.54) is 0 Å². The summed E-state index contributed by atoms with van der Waals surface area (Å²) in [4.78, 5) is 31.1. The SMILES string of the molecule is Cc1cc2nc(C)c(CCC(=O)NCc3ccccc3CN3CCCC3=O)c(C)n2n1. The molecular weight excluding hydrogens is 390 g/mol. The van der Waals surface area contributed by atoms with Crippen LogP contribution in [0.5, 0.6) is 0 Å². The molecule has 31 heavy (non-hydrogen) atoms. The standard InChI is InChI=1S/C24H29N5O2/c1-16-13-22-26-17(2)21(18(3)29(22)27-16)10-11-23(30)25-14-19-7-4-5-8-20(19)15-28-12-6-9-24(28)31/h4-5,7-8,13H,6,9-12,14-15H2,1-3H3,(H,25,30). The van der Waals surface area contributed by atoms with Crippen LogP contribution in [0.3, 0.4) is 0 Å². The van der Waals surface area contributed by atoms with Gasteiger partial charge in [0.1, 0.15) is 0 Å². The summed E-state index contributed by atoms with van der Waals surface area (Å²) in [6.45, 7) is 7.85. The van der Waals surface area contributed by atoms with Crippen LogP contribution in [0.4, 0.5) is 0 Å². The maximum atomic E-state index is 12.6. The van der Waals surface area contributed by atoms with Crippen LogP contribution in [0, 0.1) is 20.8 Å². The zero-order chi connectivity index (χ0) is 22.0. The Labute approximate surface area is 182 Å². The summed E-state index contributed by atoms with van der Waals surface area (Å²) >= 11 is 0. The molecule has 7 nitrogen and oxygen atoms in total. The summed E-state index contributed by atoms with van der Waals surface area (Å²) in [6, 6.07) is 9.96. The molecule has 0 saturated carbocycles. The van der Waals surface area contributed by atoms with Gasteiger partial charge in [-0.25, -0.2) is 9.50 Å². The van der Waals surface area contributed by atoms with E-state index in [0.717, 1.165) is 52.4 Å². The maximum Gasteiger partial charge on any atom is 0.222 e. The summed E-state index contributed by atoms with van der Waals surface area (Å²) in [5.74, 6) is 0.213. The van der Waals surface area contributed by atoms with Crippen LogP contribution >= 0.6 is 0 Å². The van der Waals surface area contributed by atoms with Crippen molar-refractivity contribution in [3.05, 3.63) is 64.1 Å². The van der Waals surface area contributed by atoms with Gasteiger partial charge in [0, 0.05) is 49.9 Å². The molecule has 1 N–H and O–H groups in total. The molecule has 1 aromatic carbocycles. The van der Waals surface area contributed by atoms with Crippen molar-refractivity contribution in [2.24, 2.45) is 0 Å². The van der Waals surface area contributed by atoms with Crippen LogP contribution in [0.25, 0.3) is 5.65 Å². The van der Waals surface area contributed by atoms with Gasteiger partial charge in [-0.2, -0.15) is 5.10 Å². The van der Waals surface area contributed by atoms with Gasteiger partial charge >= 0.3 is 0 Å². The molecule has 0 spiro atoms. The number of benzene rings is 1. The fourth-order valence-electron chi connectivity index (χ4n) is 4.28. The minimum absolute atomic E-state index is 0.00240. The van der Waals surface area contributed by atoms with Crippen molar-refractivity contribution in [3.8, 4) is 0 Å². The fourth-order valence-corrected chi connectivity index (χ4v) is 4.28. The minimum Gasteiger partial charge on any atom is -0.352 e. The molecule has 4 rings (SSSR count). The van der Waals surface area contributed by atoms with E-state index in [1.54, 1.807) is 0 Å². The van der Waals surface area contributed by atoms with Crippen molar-refractivity contribution in [2.75, 3.05) is 6.54 Å². The summed E-state index contributed by atoms with van der Waals surface area (Å²) < 4.78 is 1.85. The van der Waals surface area contributed by atoms with Gasteiger partial charge in [0.15, 0.2) is 5.65 Å². The van der Waals surface area contributed by atoms with Crippen molar-refractivity contribution < 1.29 is 9.59 Å². The highest BCUT2D eigenvalue weighted by molar-refractivity contribution is 5.78. The lowest BCUT2D eigenvalue weighted by molar-refractivity contribution is -0.128. The van der Waals surface area contributed by atoms with Gasteiger partial charge in [-0.05, 0) is 50.3 Å². The van der Waals surface area contributed by atoms with Gasteiger partial charge in [0.2, 0.25) is 11.8 Å². The molecule has 2 amide bonds. The lowest BCUT2D eigenvalue weighted by Crippen LogP contribution is -2.27. The summed E-state index contributed by atoms with van der Waals surface area (Å²) in [6.07, 6.45) is 2.57. The third kappa shape index (κ3) is 4.60. The van der Waals surface area contributed by atoms with Crippen LogP contribution in [0.15, 0.2) is 30.3 Å². The van der Waals surface area contributed by atoms with Crippen LogP contribution in [-0.4, -0.2) is 37.9 Å². The highest BCUT2D eigenvalue weighted by Gasteiger charge is 2.21. The molecule has 0 unspecified atom stereocenters. The van der Waals surface area contributed by atoms with Gasteiger partial charge < -0.3 is 10.2 Å². The molecule has 3 heterocycles. The zero-order valence-electron chi connectivity index (χ0n) is 18.4. The minimum atomic E-state index is 0.00240. The molecule has 3 aromatic rings. The molecule has 1 fully saturated rings. The number of nitrogens with one attached hydrogen (secondary N) is 1. The average Bonchev–Trinajstić information content (AvgIpc) is 3.32. The first-order valence-corrected chi connectivity index (χ1v) is 10.9. The second-order valence-corrected chi connectivity index (χ2v) is 8.28.